The van der Waals surface area contributed by atoms with Gasteiger partial charge in [-0.2, -0.15) is 0 Å². The van der Waals surface area contributed by atoms with Gasteiger partial charge in [0.05, 0.1) is 10.6 Å². The summed E-state index contributed by atoms with van der Waals surface area (Å²) in [7, 11) is 0. The van der Waals surface area contributed by atoms with Crippen molar-refractivity contribution in [3.05, 3.63) is 93.7 Å². The lowest BCUT2D eigenvalue weighted by Crippen LogP contribution is -2.10. The summed E-state index contributed by atoms with van der Waals surface area (Å²) < 4.78 is 11.6. The SMILES string of the molecule is Cc1ccc(-c2ccc(C(=O)Nc3ccc(Cl)c(-c4nc5cc(Cl)ccc5o4)c3)o2)cc1C. The van der Waals surface area contributed by atoms with Gasteiger partial charge < -0.3 is 14.2 Å². The lowest BCUT2D eigenvalue weighted by molar-refractivity contribution is 0.0997. The van der Waals surface area contributed by atoms with Gasteiger partial charge in [-0.1, -0.05) is 35.3 Å². The van der Waals surface area contributed by atoms with Crippen LogP contribution in [-0.4, -0.2) is 10.9 Å². The maximum absolute atomic E-state index is 12.8. The van der Waals surface area contributed by atoms with Crippen molar-refractivity contribution in [3.63, 3.8) is 0 Å². The molecule has 1 amide bonds. The van der Waals surface area contributed by atoms with Gasteiger partial charge in [0.25, 0.3) is 5.91 Å². The van der Waals surface area contributed by atoms with Crippen LogP contribution in [-0.2, 0) is 0 Å². The van der Waals surface area contributed by atoms with Crippen molar-refractivity contribution >= 4 is 45.9 Å². The number of nitrogens with one attached hydrogen (secondary N) is 1. The molecule has 2 aromatic heterocycles. The maximum Gasteiger partial charge on any atom is 0.291 e. The molecular formula is C26H18Cl2N2O3. The molecule has 7 heteroatoms. The minimum absolute atomic E-state index is 0.205. The second-order valence-electron chi connectivity index (χ2n) is 7.74. The number of furan rings is 1. The van der Waals surface area contributed by atoms with E-state index in [4.69, 9.17) is 32.0 Å². The molecule has 1 N–H and O–H groups in total. The highest BCUT2D eigenvalue weighted by molar-refractivity contribution is 6.33. The highest BCUT2D eigenvalue weighted by atomic mass is 35.5. The minimum atomic E-state index is -0.372. The van der Waals surface area contributed by atoms with Crippen LogP contribution < -0.4 is 5.32 Å². The number of nitrogens with zero attached hydrogens (tertiary/aromatic N) is 1. The fraction of sp³-hybridized carbons (Fsp3) is 0.0769. The molecule has 0 aliphatic heterocycles. The molecule has 3 aromatic carbocycles. The van der Waals surface area contributed by atoms with Crippen molar-refractivity contribution in [3.8, 4) is 22.8 Å². The van der Waals surface area contributed by atoms with Gasteiger partial charge in [-0.3, -0.25) is 4.79 Å². The summed E-state index contributed by atoms with van der Waals surface area (Å²) in [5.74, 6) is 0.799. The van der Waals surface area contributed by atoms with Crippen molar-refractivity contribution in [2.45, 2.75) is 13.8 Å². The van der Waals surface area contributed by atoms with Gasteiger partial charge in [0, 0.05) is 16.3 Å². The van der Waals surface area contributed by atoms with Crippen LogP contribution in [0.5, 0.6) is 0 Å². The smallest absolute Gasteiger partial charge is 0.291 e. The first kappa shape index (κ1) is 21.3. The molecule has 5 nitrogen and oxygen atoms in total. The van der Waals surface area contributed by atoms with E-state index in [9.17, 15) is 4.79 Å². The third kappa shape index (κ3) is 4.25. The van der Waals surface area contributed by atoms with Gasteiger partial charge >= 0.3 is 0 Å². The molecule has 0 saturated heterocycles. The van der Waals surface area contributed by atoms with Crippen LogP contribution in [0.2, 0.25) is 10.0 Å². The van der Waals surface area contributed by atoms with Gasteiger partial charge in [0.15, 0.2) is 11.3 Å². The van der Waals surface area contributed by atoms with Crippen LogP contribution in [0.1, 0.15) is 21.7 Å². The monoisotopic (exact) mass is 476 g/mol. The zero-order valence-electron chi connectivity index (χ0n) is 17.8. The fourth-order valence-corrected chi connectivity index (χ4v) is 3.85. The first-order valence-corrected chi connectivity index (χ1v) is 11.0. The number of carbonyl (C=O) groups excluding carboxylic acids is 1. The molecule has 5 aromatic rings. The van der Waals surface area contributed by atoms with Crippen LogP contribution in [0.15, 0.2) is 75.6 Å². The largest absolute Gasteiger partial charge is 0.451 e. The second kappa shape index (κ2) is 8.43. The molecule has 0 atom stereocenters. The van der Waals surface area contributed by atoms with E-state index in [2.05, 4.69) is 17.2 Å². The third-order valence-electron chi connectivity index (χ3n) is 5.43. The van der Waals surface area contributed by atoms with Gasteiger partial charge in [-0.15, -0.1) is 0 Å². The first-order chi connectivity index (χ1) is 15.9. The summed E-state index contributed by atoms with van der Waals surface area (Å²) in [6.45, 7) is 4.09. The predicted octanol–water partition coefficient (Wildman–Crippen LogP) is 7.93. The van der Waals surface area contributed by atoms with E-state index in [0.29, 0.717) is 44.0 Å². The Morgan fingerprint density at radius 1 is 0.879 bits per heavy atom. The van der Waals surface area contributed by atoms with Gasteiger partial charge in [-0.05, 0) is 79.6 Å². The van der Waals surface area contributed by atoms with Crippen molar-refractivity contribution in [2.75, 3.05) is 5.32 Å². The number of rotatable bonds is 4. The van der Waals surface area contributed by atoms with Gasteiger partial charge in [-0.25, -0.2) is 4.98 Å². The van der Waals surface area contributed by atoms with E-state index >= 15 is 0 Å². The van der Waals surface area contributed by atoms with E-state index in [1.165, 1.54) is 5.56 Å². The second-order valence-corrected chi connectivity index (χ2v) is 8.59. The lowest BCUT2D eigenvalue weighted by atomic mass is 10.1. The van der Waals surface area contributed by atoms with Crippen molar-refractivity contribution < 1.29 is 13.6 Å². The number of hydrogen-bond acceptors (Lipinski definition) is 4. The topological polar surface area (TPSA) is 68.3 Å². The van der Waals surface area contributed by atoms with Gasteiger partial charge in [0.2, 0.25) is 5.89 Å². The quantitative estimate of drug-likeness (QED) is 0.285. The van der Waals surface area contributed by atoms with E-state index in [1.807, 2.05) is 25.1 Å². The molecule has 5 rings (SSSR count). The zero-order chi connectivity index (χ0) is 23.1. The summed E-state index contributed by atoms with van der Waals surface area (Å²) in [5, 5.41) is 3.85. The van der Waals surface area contributed by atoms with E-state index in [1.54, 1.807) is 48.5 Å². The van der Waals surface area contributed by atoms with Crippen molar-refractivity contribution in [1.82, 2.24) is 4.98 Å². The van der Waals surface area contributed by atoms with Crippen LogP contribution in [0.3, 0.4) is 0 Å². The fourth-order valence-electron chi connectivity index (χ4n) is 3.49. The highest BCUT2D eigenvalue weighted by Gasteiger charge is 2.16. The first-order valence-electron chi connectivity index (χ1n) is 10.2. The summed E-state index contributed by atoms with van der Waals surface area (Å²) >= 11 is 12.4. The summed E-state index contributed by atoms with van der Waals surface area (Å²) in [4.78, 5) is 17.3. The predicted molar refractivity (Wildman–Crippen MR) is 131 cm³/mol. The van der Waals surface area contributed by atoms with Crippen LogP contribution in [0.4, 0.5) is 5.69 Å². The Balaban J connectivity index is 1.40. The number of aryl methyl sites for hydroxylation is 2. The normalized spacial score (nSPS) is 11.2. The van der Waals surface area contributed by atoms with Crippen LogP contribution >= 0.6 is 23.2 Å². The summed E-state index contributed by atoms with van der Waals surface area (Å²) in [6, 6.07) is 19.8. The number of anilines is 1. The van der Waals surface area contributed by atoms with Crippen LogP contribution in [0.25, 0.3) is 33.9 Å². The average Bonchev–Trinajstić information content (AvgIpc) is 3.44. The standard InChI is InChI=1S/C26H18Cl2N2O3/c1-14-3-4-16(11-15(14)2)22-9-10-24(32-22)25(31)29-18-6-7-20(28)19(13-18)26-30-21-12-17(27)5-8-23(21)33-26/h3-13H,1-2H3,(H,29,31). The number of aromatic nitrogens is 1. The summed E-state index contributed by atoms with van der Waals surface area (Å²) in [5.41, 5.74) is 5.57. The zero-order valence-corrected chi connectivity index (χ0v) is 19.3. The average molecular weight is 477 g/mol. The molecule has 0 unspecified atom stereocenters. The molecule has 164 valence electrons. The van der Waals surface area contributed by atoms with Crippen molar-refractivity contribution in [2.24, 2.45) is 0 Å². The number of halogens is 2. The Kier molecular flexibility index (Phi) is 5.44. The van der Waals surface area contributed by atoms with Gasteiger partial charge in [0.1, 0.15) is 11.3 Å². The molecule has 0 radical (unpaired) electrons. The Bertz CT molecular complexity index is 1520. The molecule has 0 spiro atoms. The maximum atomic E-state index is 12.8. The third-order valence-corrected chi connectivity index (χ3v) is 5.99. The minimum Gasteiger partial charge on any atom is -0.451 e. The Labute approximate surface area is 200 Å². The molecule has 0 aliphatic rings. The molecule has 0 fully saturated rings. The number of benzene rings is 3. The highest BCUT2D eigenvalue weighted by Crippen LogP contribution is 2.33. The molecule has 0 bridgehead atoms. The molecular weight excluding hydrogens is 459 g/mol. The Hall–Kier alpha value is -3.54. The Morgan fingerprint density at radius 2 is 1.73 bits per heavy atom. The number of amides is 1. The number of oxazole rings is 1. The summed E-state index contributed by atoms with van der Waals surface area (Å²) in [6.07, 6.45) is 0. The molecule has 2 heterocycles. The number of hydrogen-bond donors (Lipinski definition) is 1. The van der Waals surface area contributed by atoms with Crippen LogP contribution in [0, 0.1) is 13.8 Å². The Morgan fingerprint density at radius 3 is 2.55 bits per heavy atom. The molecule has 33 heavy (non-hydrogen) atoms. The van der Waals surface area contributed by atoms with Crippen molar-refractivity contribution in [1.29, 1.82) is 0 Å². The lowest BCUT2D eigenvalue weighted by Gasteiger charge is -2.06. The number of carbonyl (C=O) groups is 1. The van der Waals surface area contributed by atoms with E-state index < -0.39 is 0 Å². The van der Waals surface area contributed by atoms with E-state index in [0.717, 1.165) is 11.1 Å². The molecule has 0 saturated carbocycles. The van der Waals surface area contributed by atoms with E-state index in [-0.39, 0.29) is 11.7 Å². The molecule has 0 aliphatic carbocycles. The number of fused-ring (bicyclic) bond motifs is 1.